The monoisotopic (exact) mass is 573 g/mol. The second kappa shape index (κ2) is 11.4. The first kappa shape index (κ1) is 26.9. The zero-order chi connectivity index (χ0) is 30.0. The molecular weight excluding hydrogens is 542 g/mol. The van der Waals surface area contributed by atoms with Crippen molar-refractivity contribution < 1.29 is 0 Å². The van der Waals surface area contributed by atoms with E-state index in [4.69, 9.17) is 21.4 Å². The number of anilines is 3. The molecule has 3 aromatic carbocycles. The zero-order valence-electron chi connectivity index (χ0n) is 24.3. The molecule has 4 heterocycles. The smallest absolute Gasteiger partial charge is 0.135 e. The number of allylic oxidation sites excluding steroid dienone is 3. The standard InChI is InChI=1S/C37H31N7/c1-2-25(14-17-38)27-21-28(26-15-19-40-20-16-26)23-30(22-27)43-34-13-8-18-41-32(34)24-35(43)42-36-31-11-6-7-12-33(31)44(37(36)39)29-9-4-3-5-10-29/h2-23H,24,38-39H2,1H3/b17-14-,25-2+,42-35?. The second-order valence-corrected chi connectivity index (χ2v) is 10.5. The minimum Gasteiger partial charge on any atom is -0.405 e. The van der Waals surface area contributed by atoms with E-state index in [0.29, 0.717) is 12.2 Å². The van der Waals surface area contributed by atoms with Crippen molar-refractivity contribution in [2.45, 2.75) is 13.3 Å². The number of hydrogen-bond donors (Lipinski definition) is 2. The lowest BCUT2D eigenvalue weighted by Crippen LogP contribution is -2.21. The molecule has 44 heavy (non-hydrogen) atoms. The van der Waals surface area contributed by atoms with Gasteiger partial charge < -0.3 is 11.5 Å². The fourth-order valence-electron chi connectivity index (χ4n) is 5.94. The van der Waals surface area contributed by atoms with Crippen molar-refractivity contribution >= 4 is 45.2 Å². The molecule has 0 spiro atoms. The van der Waals surface area contributed by atoms with Crippen molar-refractivity contribution in [1.82, 2.24) is 14.5 Å². The molecule has 7 heteroatoms. The van der Waals surface area contributed by atoms with E-state index >= 15 is 0 Å². The van der Waals surface area contributed by atoms with Crippen LogP contribution in [0.25, 0.3) is 33.3 Å². The van der Waals surface area contributed by atoms with E-state index in [-0.39, 0.29) is 0 Å². The lowest BCUT2D eigenvalue weighted by molar-refractivity contribution is 1.14. The summed E-state index contributed by atoms with van der Waals surface area (Å²) in [6, 6.07) is 33.0. The van der Waals surface area contributed by atoms with Gasteiger partial charge in [-0.3, -0.25) is 19.4 Å². The van der Waals surface area contributed by atoms with Crippen LogP contribution in [0.4, 0.5) is 22.9 Å². The maximum Gasteiger partial charge on any atom is 0.135 e. The molecule has 7 rings (SSSR count). The van der Waals surface area contributed by atoms with Crippen molar-refractivity contribution in [3.8, 4) is 16.8 Å². The number of nitrogen functional groups attached to an aromatic ring is 1. The van der Waals surface area contributed by atoms with Gasteiger partial charge in [0.05, 0.1) is 23.3 Å². The fraction of sp³-hybridized carbons (Fsp3) is 0.0541. The third-order valence-corrected chi connectivity index (χ3v) is 7.94. The van der Waals surface area contributed by atoms with Gasteiger partial charge in [0.15, 0.2) is 0 Å². The molecule has 0 saturated carbocycles. The Morgan fingerprint density at radius 2 is 1.64 bits per heavy atom. The summed E-state index contributed by atoms with van der Waals surface area (Å²) < 4.78 is 2.07. The molecule has 6 aromatic rings. The molecule has 0 atom stereocenters. The summed E-state index contributed by atoms with van der Waals surface area (Å²) in [4.78, 5) is 16.5. The molecule has 1 aliphatic rings. The molecule has 0 radical (unpaired) electrons. The van der Waals surface area contributed by atoms with E-state index < -0.39 is 0 Å². The molecule has 0 saturated heterocycles. The third-order valence-electron chi connectivity index (χ3n) is 7.94. The summed E-state index contributed by atoms with van der Waals surface area (Å²) in [5, 5.41) is 0.987. The number of nitrogens with two attached hydrogens (primary N) is 2. The number of para-hydroxylation sites is 2. The van der Waals surface area contributed by atoms with Gasteiger partial charge in [-0.25, -0.2) is 4.99 Å². The van der Waals surface area contributed by atoms with Gasteiger partial charge in [0.25, 0.3) is 0 Å². The summed E-state index contributed by atoms with van der Waals surface area (Å²) in [7, 11) is 0. The van der Waals surface area contributed by atoms with E-state index in [0.717, 1.165) is 67.4 Å². The van der Waals surface area contributed by atoms with E-state index in [1.54, 1.807) is 6.20 Å². The Morgan fingerprint density at radius 1 is 0.841 bits per heavy atom. The molecule has 4 N–H and O–H groups in total. The number of aliphatic imine (C=N–C) groups is 1. The normalized spacial score (nSPS) is 14.2. The average molecular weight is 574 g/mol. The van der Waals surface area contributed by atoms with Gasteiger partial charge in [0.2, 0.25) is 0 Å². The number of rotatable bonds is 6. The first-order valence-corrected chi connectivity index (χ1v) is 14.5. The van der Waals surface area contributed by atoms with Crippen molar-refractivity contribution in [2.24, 2.45) is 10.7 Å². The number of aromatic nitrogens is 3. The largest absolute Gasteiger partial charge is 0.405 e. The van der Waals surface area contributed by atoms with Crippen molar-refractivity contribution in [3.63, 3.8) is 0 Å². The Balaban J connectivity index is 1.46. The van der Waals surface area contributed by atoms with Gasteiger partial charge in [-0.1, -0.05) is 42.5 Å². The summed E-state index contributed by atoms with van der Waals surface area (Å²) in [6.45, 7) is 2.02. The van der Waals surface area contributed by atoms with Crippen molar-refractivity contribution in [1.29, 1.82) is 0 Å². The fourth-order valence-corrected chi connectivity index (χ4v) is 5.94. The van der Waals surface area contributed by atoms with E-state index in [9.17, 15) is 0 Å². The van der Waals surface area contributed by atoms with Crippen molar-refractivity contribution in [3.05, 3.63) is 145 Å². The minimum atomic E-state index is 0.564. The predicted molar refractivity (Wildman–Crippen MR) is 182 cm³/mol. The van der Waals surface area contributed by atoms with E-state index in [1.165, 1.54) is 0 Å². The SMILES string of the molecule is C/C=C(\C=C/N)c1cc(-c2ccncc2)cc(N2C(=Nc3c(N)n(-c4ccccc4)c4ccccc34)Cc3ncccc32)c1. The van der Waals surface area contributed by atoms with E-state index in [1.807, 2.05) is 80.1 Å². The minimum absolute atomic E-state index is 0.564. The highest BCUT2D eigenvalue weighted by molar-refractivity contribution is 6.13. The van der Waals surface area contributed by atoms with Gasteiger partial charge in [-0.15, -0.1) is 0 Å². The molecule has 0 amide bonds. The van der Waals surface area contributed by atoms with Crippen LogP contribution in [0.2, 0.25) is 0 Å². The number of pyridine rings is 2. The highest BCUT2D eigenvalue weighted by atomic mass is 15.2. The topological polar surface area (TPSA) is 98.4 Å². The van der Waals surface area contributed by atoms with Crippen LogP contribution in [0, 0.1) is 0 Å². The molecule has 1 aliphatic heterocycles. The van der Waals surface area contributed by atoms with Crippen LogP contribution in [-0.2, 0) is 6.42 Å². The molecule has 7 nitrogen and oxygen atoms in total. The Morgan fingerprint density at radius 3 is 2.43 bits per heavy atom. The van der Waals surface area contributed by atoms with Crippen LogP contribution >= 0.6 is 0 Å². The van der Waals surface area contributed by atoms with Crippen LogP contribution in [0.5, 0.6) is 0 Å². The van der Waals surface area contributed by atoms with Gasteiger partial charge >= 0.3 is 0 Å². The van der Waals surface area contributed by atoms with Crippen LogP contribution in [0.15, 0.2) is 139 Å². The van der Waals surface area contributed by atoms with Gasteiger partial charge in [-0.2, -0.15) is 0 Å². The van der Waals surface area contributed by atoms with Gasteiger partial charge in [0.1, 0.15) is 17.3 Å². The summed E-state index contributed by atoms with van der Waals surface area (Å²) in [5.74, 6) is 1.43. The Hall–Kier alpha value is -5.95. The molecule has 0 unspecified atom stereocenters. The summed E-state index contributed by atoms with van der Waals surface area (Å²) in [6.07, 6.45) is 11.6. The first-order chi connectivity index (χ1) is 21.7. The number of fused-ring (bicyclic) bond motifs is 2. The molecular formula is C37H31N7. The number of benzene rings is 3. The Labute approximate surface area is 256 Å². The number of amidine groups is 1. The second-order valence-electron chi connectivity index (χ2n) is 10.5. The molecule has 0 bridgehead atoms. The number of nitrogens with zero attached hydrogens (tertiary/aromatic N) is 5. The maximum atomic E-state index is 6.92. The third kappa shape index (κ3) is 4.70. The summed E-state index contributed by atoms with van der Waals surface area (Å²) >= 11 is 0. The predicted octanol–water partition coefficient (Wildman–Crippen LogP) is 7.97. The van der Waals surface area contributed by atoms with Crippen molar-refractivity contribution in [2.75, 3.05) is 10.6 Å². The van der Waals surface area contributed by atoms with Crippen LogP contribution < -0.4 is 16.4 Å². The lowest BCUT2D eigenvalue weighted by atomic mass is 9.97. The summed E-state index contributed by atoms with van der Waals surface area (Å²) in [5.41, 5.74) is 22.6. The van der Waals surface area contributed by atoms with Crippen LogP contribution in [-0.4, -0.2) is 20.4 Å². The Bertz CT molecular complexity index is 2070. The van der Waals surface area contributed by atoms with Gasteiger partial charge in [0, 0.05) is 35.4 Å². The highest BCUT2D eigenvalue weighted by Crippen LogP contribution is 2.42. The van der Waals surface area contributed by atoms with Gasteiger partial charge in [-0.05, 0) is 102 Å². The molecule has 0 fully saturated rings. The molecule has 3 aromatic heterocycles. The molecule has 0 aliphatic carbocycles. The zero-order valence-corrected chi connectivity index (χ0v) is 24.3. The average Bonchev–Trinajstić information content (AvgIpc) is 3.58. The quantitative estimate of drug-likeness (QED) is 0.197. The highest BCUT2D eigenvalue weighted by Gasteiger charge is 2.30. The molecule has 214 valence electrons. The maximum absolute atomic E-state index is 6.92. The van der Waals surface area contributed by atoms with E-state index in [2.05, 4.69) is 69.1 Å². The first-order valence-electron chi connectivity index (χ1n) is 14.5. The Kier molecular flexibility index (Phi) is 6.96. The van der Waals surface area contributed by atoms with Crippen LogP contribution in [0.1, 0.15) is 18.2 Å². The lowest BCUT2D eigenvalue weighted by Gasteiger charge is -2.23. The number of hydrogen-bond acceptors (Lipinski definition) is 5. The van der Waals surface area contributed by atoms with Crippen LogP contribution in [0.3, 0.4) is 0 Å².